The van der Waals surface area contributed by atoms with Crippen molar-refractivity contribution in [1.82, 2.24) is 0 Å². The molecule has 0 aromatic heterocycles. The van der Waals surface area contributed by atoms with E-state index in [1.54, 1.807) is 0 Å². The number of rotatable bonds is 6. The van der Waals surface area contributed by atoms with E-state index in [0.29, 0.717) is 12.8 Å². The second kappa shape index (κ2) is 5.20. The number of hydrogen-bond donors (Lipinski definition) is 2. The average molecular weight is 301 g/mol. The van der Waals surface area contributed by atoms with Gasteiger partial charge in [-0.2, -0.15) is 0 Å². The SMILES string of the molecule is COc1cc(NS(=O)(=O)C2CC2)c(C(=O)O)cc1OC. The Bertz CT molecular complexity index is 636. The summed E-state index contributed by atoms with van der Waals surface area (Å²) in [7, 11) is -0.791. The Kier molecular flexibility index (Phi) is 3.76. The van der Waals surface area contributed by atoms with Gasteiger partial charge in [0.15, 0.2) is 11.5 Å². The first kappa shape index (κ1) is 14.4. The molecular weight excluding hydrogens is 286 g/mol. The van der Waals surface area contributed by atoms with Crippen molar-refractivity contribution in [3.63, 3.8) is 0 Å². The molecule has 0 atom stereocenters. The molecule has 1 aliphatic rings. The number of anilines is 1. The molecule has 2 rings (SSSR count). The van der Waals surface area contributed by atoms with Gasteiger partial charge in [0.2, 0.25) is 10.0 Å². The molecule has 20 heavy (non-hydrogen) atoms. The van der Waals surface area contributed by atoms with Crippen LogP contribution >= 0.6 is 0 Å². The molecule has 2 N–H and O–H groups in total. The molecule has 1 aromatic rings. The number of carbonyl (C=O) groups is 1. The van der Waals surface area contributed by atoms with Crippen LogP contribution in [0.2, 0.25) is 0 Å². The zero-order valence-corrected chi connectivity index (χ0v) is 11.9. The number of ether oxygens (including phenoxy) is 2. The second-order valence-corrected chi connectivity index (χ2v) is 6.37. The average Bonchev–Trinajstić information content (AvgIpc) is 3.22. The molecule has 0 heterocycles. The Balaban J connectivity index is 2.46. The van der Waals surface area contributed by atoms with E-state index in [4.69, 9.17) is 14.6 Å². The van der Waals surface area contributed by atoms with E-state index in [2.05, 4.69) is 4.72 Å². The quantitative estimate of drug-likeness (QED) is 0.821. The minimum Gasteiger partial charge on any atom is -0.493 e. The number of hydrogen-bond acceptors (Lipinski definition) is 5. The molecule has 0 unspecified atom stereocenters. The van der Waals surface area contributed by atoms with E-state index in [1.807, 2.05) is 0 Å². The molecule has 7 nitrogen and oxygen atoms in total. The number of nitrogens with one attached hydrogen (secondary N) is 1. The number of carboxylic acid groups (broad SMARTS) is 1. The zero-order chi connectivity index (χ0) is 14.9. The van der Waals surface area contributed by atoms with Crippen molar-refractivity contribution < 1.29 is 27.8 Å². The Morgan fingerprint density at radius 1 is 1.25 bits per heavy atom. The fourth-order valence-electron chi connectivity index (χ4n) is 1.76. The van der Waals surface area contributed by atoms with Crippen LogP contribution in [0.5, 0.6) is 11.5 Å². The van der Waals surface area contributed by atoms with Gasteiger partial charge in [-0.1, -0.05) is 0 Å². The Morgan fingerprint density at radius 3 is 2.25 bits per heavy atom. The summed E-state index contributed by atoms with van der Waals surface area (Å²) in [6, 6.07) is 2.54. The molecule has 0 spiro atoms. The standard InChI is InChI=1S/C12H15NO6S/c1-18-10-5-8(12(14)15)9(6-11(10)19-2)13-20(16,17)7-3-4-7/h5-7,13H,3-4H2,1-2H3,(H,14,15). The van der Waals surface area contributed by atoms with Crippen molar-refractivity contribution >= 4 is 21.7 Å². The lowest BCUT2D eigenvalue weighted by Gasteiger charge is -2.14. The third kappa shape index (κ3) is 2.79. The van der Waals surface area contributed by atoms with Crippen LogP contribution in [0.1, 0.15) is 23.2 Å². The summed E-state index contributed by atoms with van der Waals surface area (Å²) in [6.07, 6.45) is 1.18. The largest absolute Gasteiger partial charge is 0.493 e. The summed E-state index contributed by atoms with van der Waals surface area (Å²) >= 11 is 0. The Labute approximate surface area is 116 Å². The molecule has 0 bridgehead atoms. The highest BCUT2D eigenvalue weighted by molar-refractivity contribution is 7.93. The third-order valence-corrected chi connectivity index (χ3v) is 4.82. The highest BCUT2D eigenvalue weighted by atomic mass is 32.2. The summed E-state index contributed by atoms with van der Waals surface area (Å²) in [5.41, 5.74) is -0.214. The smallest absolute Gasteiger partial charge is 0.337 e. The molecule has 0 amide bonds. The fourth-order valence-corrected chi connectivity index (χ4v) is 3.15. The number of methoxy groups -OCH3 is 2. The Morgan fingerprint density at radius 2 is 1.80 bits per heavy atom. The minimum absolute atomic E-state index is 0.0259. The van der Waals surface area contributed by atoms with Gasteiger partial charge in [0.1, 0.15) is 0 Å². The topological polar surface area (TPSA) is 102 Å². The van der Waals surface area contributed by atoms with Gasteiger partial charge in [-0.05, 0) is 12.8 Å². The van der Waals surface area contributed by atoms with Crippen LogP contribution in [0.4, 0.5) is 5.69 Å². The van der Waals surface area contributed by atoms with Gasteiger partial charge in [-0.3, -0.25) is 4.72 Å². The van der Waals surface area contributed by atoms with Gasteiger partial charge >= 0.3 is 5.97 Å². The molecule has 0 aliphatic heterocycles. The summed E-state index contributed by atoms with van der Waals surface area (Å²) in [5.74, 6) is -0.773. The van der Waals surface area contributed by atoms with Crippen LogP contribution in [0.25, 0.3) is 0 Å². The molecule has 0 radical (unpaired) electrons. The summed E-state index contributed by atoms with van der Waals surface area (Å²) in [6.45, 7) is 0. The summed E-state index contributed by atoms with van der Waals surface area (Å²) in [5, 5.41) is 8.72. The lowest BCUT2D eigenvalue weighted by atomic mass is 10.1. The number of carboxylic acids is 1. The highest BCUT2D eigenvalue weighted by Crippen LogP contribution is 2.36. The van der Waals surface area contributed by atoms with E-state index in [1.165, 1.54) is 26.4 Å². The van der Waals surface area contributed by atoms with Gasteiger partial charge in [0.05, 0.1) is 30.7 Å². The normalized spacial score (nSPS) is 14.7. The lowest BCUT2D eigenvalue weighted by molar-refractivity contribution is 0.0697. The van der Waals surface area contributed by atoms with Crippen LogP contribution < -0.4 is 14.2 Å². The summed E-state index contributed by atoms with van der Waals surface area (Å²) in [4.78, 5) is 11.2. The van der Waals surface area contributed by atoms with E-state index in [-0.39, 0.29) is 22.7 Å². The summed E-state index contributed by atoms with van der Waals surface area (Å²) < 4.78 is 36.2. The van der Waals surface area contributed by atoms with E-state index >= 15 is 0 Å². The number of benzene rings is 1. The minimum atomic E-state index is -3.55. The van der Waals surface area contributed by atoms with Crippen molar-refractivity contribution in [2.45, 2.75) is 18.1 Å². The number of sulfonamides is 1. The lowest BCUT2D eigenvalue weighted by Crippen LogP contribution is -2.19. The van der Waals surface area contributed by atoms with E-state index in [9.17, 15) is 13.2 Å². The maximum absolute atomic E-state index is 11.9. The van der Waals surface area contributed by atoms with E-state index < -0.39 is 21.2 Å². The highest BCUT2D eigenvalue weighted by Gasteiger charge is 2.36. The van der Waals surface area contributed by atoms with Crippen molar-refractivity contribution in [1.29, 1.82) is 0 Å². The van der Waals surface area contributed by atoms with Gasteiger partial charge in [0.25, 0.3) is 0 Å². The van der Waals surface area contributed by atoms with Crippen LogP contribution in [0.15, 0.2) is 12.1 Å². The van der Waals surface area contributed by atoms with Crippen molar-refractivity contribution in [3.05, 3.63) is 17.7 Å². The third-order valence-electron chi connectivity index (χ3n) is 2.97. The molecular formula is C12H15NO6S. The monoisotopic (exact) mass is 301 g/mol. The second-order valence-electron chi connectivity index (χ2n) is 4.40. The maximum atomic E-state index is 11.9. The predicted molar refractivity (Wildman–Crippen MR) is 72.1 cm³/mol. The van der Waals surface area contributed by atoms with Crippen LogP contribution in [0.3, 0.4) is 0 Å². The molecule has 8 heteroatoms. The van der Waals surface area contributed by atoms with Crippen molar-refractivity contribution in [3.8, 4) is 11.5 Å². The maximum Gasteiger partial charge on any atom is 0.337 e. The van der Waals surface area contributed by atoms with Gasteiger partial charge < -0.3 is 14.6 Å². The van der Waals surface area contributed by atoms with Gasteiger partial charge in [-0.25, -0.2) is 13.2 Å². The van der Waals surface area contributed by atoms with Crippen LogP contribution in [0, 0.1) is 0 Å². The molecule has 1 aliphatic carbocycles. The van der Waals surface area contributed by atoms with Crippen LogP contribution in [-0.2, 0) is 10.0 Å². The first-order valence-corrected chi connectivity index (χ1v) is 7.44. The molecule has 1 saturated carbocycles. The van der Waals surface area contributed by atoms with Crippen LogP contribution in [-0.4, -0.2) is 39.0 Å². The first-order chi connectivity index (χ1) is 9.39. The molecule has 0 saturated heterocycles. The van der Waals surface area contributed by atoms with Crippen molar-refractivity contribution in [2.24, 2.45) is 0 Å². The van der Waals surface area contributed by atoms with Gasteiger partial charge in [0, 0.05) is 12.1 Å². The zero-order valence-electron chi connectivity index (χ0n) is 11.0. The number of aromatic carboxylic acids is 1. The van der Waals surface area contributed by atoms with Gasteiger partial charge in [-0.15, -0.1) is 0 Å². The first-order valence-electron chi connectivity index (χ1n) is 5.90. The predicted octanol–water partition coefficient (Wildman–Crippen LogP) is 1.31. The fraction of sp³-hybridized carbons (Fsp3) is 0.417. The Hall–Kier alpha value is -1.96. The molecule has 1 fully saturated rings. The van der Waals surface area contributed by atoms with E-state index in [0.717, 1.165) is 0 Å². The molecule has 1 aromatic carbocycles. The van der Waals surface area contributed by atoms with Crippen molar-refractivity contribution in [2.75, 3.05) is 18.9 Å². The molecule has 110 valence electrons.